The molecule has 1 aromatic rings. The Bertz CT molecular complexity index is 380. The predicted molar refractivity (Wildman–Crippen MR) is 73.8 cm³/mol. The minimum Gasteiger partial charge on any atom is -0.396 e. The molecule has 2 atom stereocenters. The first kappa shape index (κ1) is 12.9. The van der Waals surface area contributed by atoms with Crippen LogP contribution < -0.4 is 5.32 Å². The Hall–Kier alpha value is -0.510. The summed E-state index contributed by atoms with van der Waals surface area (Å²) >= 11 is 1.94. The van der Waals surface area contributed by atoms with E-state index in [9.17, 15) is 5.11 Å². The SMILES string of the molecule is CCNC(C)C(CO)c1ccc2c(c1)CCS2. The van der Waals surface area contributed by atoms with Crippen LogP contribution in [-0.2, 0) is 6.42 Å². The van der Waals surface area contributed by atoms with Crippen molar-refractivity contribution in [1.82, 2.24) is 5.32 Å². The van der Waals surface area contributed by atoms with E-state index in [0.717, 1.165) is 6.54 Å². The van der Waals surface area contributed by atoms with Crippen molar-refractivity contribution in [3.05, 3.63) is 29.3 Å². The van der Waals surface area contributed by atoms with Gasteiger partial charge in [-0.1, -0.05) is 19.1 Å². The molecule has 0 bridgehead atoms. The van der Waals surface area contributed by atoms with E-state index in [1.807, 2.05) is 11.8 Å². The largest absolute Gasteiger partial charge is 0.396 e. The predicted octanol–water partition coefficient (Wildman–Crippen LogP) is 2.41. The summed E-state index contributed by atoms with van der Waals surface area (Å²) in [5.41, 5.74) is 2.72. The Morgan fingerprint density at radius 1 is 1.47 bits per heavy atom. The van der Waals surface area contributed by atoms with Crippen LogP contribution in [0.15, 0.2) is 23.1 Å². The lowest BCUT2D eigenvalue weighted by molar-refractivity contribution is 0.241. The van der Waals surface area contributed by atoms with E-state index >= 15 is 0 Å². The van der Waals surface area contributed by atoms with Gasteiger partial charge in [0, 0.05) is 22.6 Å². The second-order valence-electron chi connectivity index (χ2n) is 4.60. The fraction of sp³-hybridized carbons (Fsp3) is 0.571. The molecular formula is C14H21NOS. The third-order valence-electron chi connectivity index (χ3n) is 3.47. The quantitative estimate of drug-likeness (QED) is 0.843. The number of likely N-dealkylation sites (N-methyl/N-ethyl adjacent to an activating group) is 1. The Balaban J connectivity index is 2.19. The van der Waals surface area contributed by atoms with E-state index in [2.05, 4.69) is 37.4 Å². The molecule has 1 aromatic carbocycles. The van der Waals surface area contributed by atoms with Crippen LogP contribution in [-0.4, -0.2) is 30.1 Å². The highest BCUT2D eigenvalue weighted by atomic mass is 32.2. The molecule has 2 unspecified atom stereocenters. The number of aliphatic hydroxyl groups excluding tert-OH is 1. The molecule has 0 amide bonds. The summed E-state index contributed by atoms with van der Waals surface area (Å²) in [5, 5.41) is 13.0. The van der Waals surface area contributed by atoms with Crippen LogP contribution in [0.3, 0.4) is 0 Å². The van der Waals surface area contributed by atoms with E-state index in [-0.39, 0.29) is 12.5 Å². The van der Waals surface area contributed by atoms with Gasteiger partial charge < -0.3 is 10.4 Å². The number of aliphatic hydroxyl groups is 1. The third kappa shape index (κ3) is 2.84. The first-order chi connectivity index (χ1) is 8.26. The smallest absolute Gasteiger partial charge is 0.0514 e. The van der Waals surface area contributed by atoms with Crippen LogP contribution >= 0.6 is 11.8 Å². The highest BCUT2D eigenvalue weighted by molar-refractivity contribution is 7.99. The van der Waals surface area contributed by atoms with E-state index in [4.69, 9.17) is 0 Å². The molecule has 0 radical (unpaired) electrons. The molecule has 2 N–H and O–H groups in total. The molecule has 0 saturated carbocycles. The molecule has 1 aliphatic heterocycles. The Kier molecular flexibility index (Phi) is 4.48. The van der Waals surface area contributed by atoms with E-state index in [1.54, 1.807) is 0 Å². The van der Waals surface area contributed by atoms with Gasteiger partial charge in [-0.3, -0.25) is 0 Å². The van der Waals surface area contributed by atoms with Gasteiger partial charge in [-0.15, -0.1) is 11.8 Å². The highest BCUT2D eigenvalue weighted by Crippen LogP contribution is 2.33. The van der Waals surface area contributed by atoms with Gasteiger partial charge in [-0.2, -0.15) is 0 Å². The maximum absolute atomic E-state index is 9.58. The minimum atomic E-state index is 0.200. The number of benzene rings is 1. The third-order valence-corrected chi connectivity index (χ3v) is 4.59. The summed E-state index contributed by atoms with van der Waals surface area (Å²) in [6.07, 6.45) is 1.17. The van der Waals surface area contributed by atoms with Gasteiger partial charge in [0.2, 0.25) is 0 Å². The molecule has 0 fully saturated rings. The molecule has 17 heavy (non-hydrogen) atoms. The maximum Gasteiger partial charge on any atom is 0.0514 e. The van der Waals surface area contributed by atoms with Crippen LogP contribution in [0.25, 0.3) is 0 Å². The molecule has 0 saturated heterocycles. The lowest BCUT2D eigenvalue weighted by Crippen LogP contribution is -2.33. The van der Waals surface area contributed by atoms with Crippen molar-refractivity contribution in [2.75, 3.05) is 18.9 Å². The van der Waals surface area contributed by atoms with Crippen molar-refractivity contribution < 1.29 is 5.11 Å². The fourth-order valence-electron chi connectivity index (χ4n) is 2.45. The van der Waals surface area contributed by atoms with E-state index in [0.29, 0.717) is 6.04 Å². The normalized spacial score (nSPS) is 17.8. The van der Waals surface area contributed by atoms with Crippen molar-refractivity contribution >= 4 is 11.8 Å². The number of hydrogen-bond donors (Lipinski definition) is 2. The van der Waals surface area contributed by atoms with Crippen LogP contribution in [0.1, 0.15) is 30.9 Å². The van der Waals surface area contributed by atoms with Crippen molar-refractivity contribution in [2.24, 2.45) is 0 Å². The van der Waals surface area contributed by atoms with E-state index in [1.165, 1.54) is 28.2 Å². The molecular weight excluding hydrogens is 230 g/mol. The topological polar surface area (TPSA) is 32.3 Å². The first-order valence-corrected chi connectivity index (χ1v) is 7.34. The summed E-state index contributed by atoms with van der Waals surface area (Å²) in [4.78, 5) is 1.42. The zero-order chi connectivity index (χ0) is 12.3. The molecule has 0 aromatic heterocycles. The van der Waals surface area contributed by atoms with Crippen LogP contribution in [0, 0.1) is 0 Å². The molecule has 0 aliphatic carbocycles. The Morgan fingerprint density at radius 3 is 3.00 bits per heavy atom. The van der Waals surface area contributed by atoms with E-state index < -0.39 is 0 Å². The van der Waals surface area contributed by atoms with Crippen LogP contribution in [0.2, 0.25) is 0 Å². The van der Waals surface area contributed by atoms with Crippen molar-refractivity contribution in [3.63, 3.8) is 0 Å². The average Bonchev–Trinajstić information content (AvgIpc) is 2.77. The fourth-order valence-corrected chi connectivity index (χ4v) is 3.51. The highest BCUT2D eigenvalue weighted by Gasteiger charge is 2.20. The molecule has 2 rings (SSSR count). The molecule has 94 valence electrons. The van der Waals surface area contributed by atoms with Crippen LogP contribution in [0.4, 0.5) is 0 Å². The van der Waals surface area contributed by atoms with Gasteiger partial charge in [-0.05, 0) is 37.1 Å². The molecule has 2 nitrogen and oxygen atoms in total. The average molecular weight is 251 g/mol. The monoisotopic (exact) mass is 251 g/mol. The first-order valence-electron chi connectivity index (χ1n) is 6.36. The second-order valence-corrected chi connectivity index (χ2v) is 5.74. The number of fused-ring (bicyclic) bond motifs is 1. The Morgan fingerprint density at radius 2 is 2.29 bits per heavy atom. The van der Waals surface area contributed by atoms with Gasteiger partial charge in [0.15, 0.2) is 0 Å². The van der Waals surface area contributed by atoms with Gasteiger partial charge in [0.25, 0.3) is 0 Å². The second kappa shape index (κ2) is 5.89. The van der Waals surface area contributed by atoms with Gasteiger partial charge in [-0.25, -0.2) is 0 Å². The maximum atomic E-state index is 9.58. The number of hydrogen-bond acceptors (Lipinski definition) is 3. The van der Waals surface area contributed by atoms with Gasteiger partial charge in [0.05, 0.1) is 6.61 Å². The van der Waals surface area contributed by atoms with Gasteiger partial charge in [0.1, 0.15) is 0 Å². The summed E-state index contributed by atoms with van der Waals surface area (Å²) in [6.45, 7) is 5.40. The summed E-state index contributed by atoms with van der Waals surface area (Å²) in [6, 6.07) is 6.98. The zero-order valence-corrected chi connectivity index (χ0v) is 11.4. The lowest BCUT2D eigenvalue weighted by Gasteiger charge is -2.23. The standard InChI is InChI=1S/C14H21NOS/c1-3-15-10(2)13(9-16)11-4-5-14-12(8-11)6-7-17-14/h4-5,8,10,13,15-16H,3,6-7,9H2,1-2H3. The van der Waals surface area contributed by atoms with Crippen LogP contribution in [0.5, 0.6) is 0 Å². The lowest BCUT2D eigenvalue weighted by atomic mass is 9.91. The Labute approximate surface area is 108 Å². The minimum absolute atomic E-state index is 0.200. The number of nitrogens with one attached hydrogen (secondary N) is 1. The number of aryl methyl sites for hydroxylation is 1. The van der Waals surface area contributed by atoms with Crippen molar-refractivity contribution in [1.29, 1.82) is 0 Å². The molecule has 3 heteroatoms. The molecule has 0 spiro atoms. The van der Waals surface area contributed by atoms with Crippen molar-refractivity contribution in [2.45, 2.75) is 37.1 Å². The van der Waals surface area contributed by atoms with Gasteiger partial charge >= 0.3 is 0 Å². The molecule has 1 aliphatic rings. The zero-order valence-electron chi connectivity index (χ0n) is 10.6. The molecule has 1 heterocycles. The number of rotatable bonds is 5. The van der Waals surface area contributed by atoms with Crippen molar-refractivity contribution in [3.8, 4) is 0 Å². The summed E-state index contributed by atoms with van der Waals surface area (Å²) < 4.78 is 0. The number of thioether (sulfide) groups is 1. The summed E-state index contributed by atoms with van der Waals surface area (Å²) in [7, 11) is 0. The summed E-state index contributed by atoms with van der Waals surface area (Å²) in [5.74, 6) is 1.40.